The first-order valence-electron chi connectivity index (χ1n) is 5.13. The van der Waals surface area contributed by atoms with Crippen molar-refractivity contribution in [2.45, 2.75) is 33.2 Å². The number of carboxylic acids is 1. The topological polar surface area (TPSA) is 92.4 Å². The van der Waals surface area contributed by atoms with Crippen molar-refractivity contribution in [3.63, 3.8) is 0 Å². The fourth-order valence-electron chi connectivity index (χ4n) is 1.19. The summed E-state index contributed by atoms with van der Waals surface area (Å²) in [6.45, 7) is 5.68. The predicted molar refractivity (Wildman–Crippen MR) is 57.2 cm³/mol. The van der Waals surface area contributed by atoms with E-state index in [9.17, 15) is 9.59 Å². The van der Waals surface area contributed by atoms with Crippen LogP contribution in [0.5, 0.6) is 0 Å². The van der Waals surface area contributed by atoms with Gasteiger partial charge in [0, 0.05) is 5.92 Å². The molecule has 0 spiro atoms. The molecule has 5 nitrogen and oxygen atoms in total. The van der Waals surface area contributed by atoms with E-state index in [1.807, 2.05) is 0 Å². The van der Waals surface area contributed by atoms with Crippen LogP contribution in [0.2, 0.25) is 0 Å². The molecule has 1 amide bonds. The molecule has 0 fully saturated rings. The maximum absolute atomic E-state index is 11.5. The summed E-state index contributed by atoms with van der Waals surface area (Å²) in [5.74, 6) is -1.62. The molecule has 0 aliphatic carbocycles. The molecule has 0 radical (unpaired) electrons. The molecular formula is C10H20N2O3. The summed E-state index contributed by atoms with van der Waals surface area (Å²) in [4.78, 5) is 22.3. The molecular weight excluding hydrogens is 196 g/mol. The number of carboxylic acid groups (broad SMARTS) is 1. The quantitative estimate of drug-likeness (QED) is 0.591. The minimum atomic E-state index is -1.00. The molecule has 0 rings (SSSR count). The zero-order valence-electron chi connectivity index (χ0n) is 9.49. The Kier molecular flexibility index (Phi) is 5.93. The van der Waals surface area contributed by atoms with Crippen LogP contribution >= 0.6 is 0 Å². The van der Waals surface area contributed by atoms with Gasteiger partial charge in [0.1, 0.15) is 6.04 Å². The van der Waals surface area contributed by atoms with Crippen molar-refractivity contribution in [3.05, 3.63) is 0 Å². The smallest absolute Gasteiger partial charge is 0.326 e. The minimum Gasteiger partial charge on any atom is -0.480 e. The van der Waals surface area contributed by atoms with Crippen LogP contribution in [0.4, 0.5) is 0 Å². The Morgan fingerprint density at radius 2 is 1.87 bits per heavy atom. The first-order chi connectivity index (χ1) is 6.90. The summed E-state index contributed by atoms with van der Waals surface area (Å²) in [5, 5.41) is 11.4. The molecule has 0 bridgehead atoms. The van der Waals surface area contributed by atoms with Crippen molar-refractivity contribution in [3.8, 4) is 0 Å². The van der Waals surface area contributed by atoms with Gasteiger partial charge in [0.15, 0.2) is 0 Å². The number of carbonyl (C=O) groups excluding carboxylic acids is 1. The molecule has 4 N–H and O–H groups in total. The highest BCUT2D eigenvalue weighted by Gasteiger charge is 2.25. The maximum Gasteiger partial charge on any atom is 0.326 e. The normalized spacial score (nSPS) is 14.7. The molecule has 15 heavy (non-hydrogen) atoms. The van der Waals surface area contributed by atoms with Gasteiger partial charge in [-0.25, -0.2) is 4.79 Å². The number of hydrogen-bond acceptors (Lipinski definition) is 3. The standard InChI is InChI=1S/C10H20N2O3/c1-6(2)8(10(14)15)12-9(13)7(3)4-5-11/h6-8H,4-5,11H2,1-3H3,(H,12,13)(H,14,15)/t7?,8-/m1/s1. The zero-order valence-corrected chi connectivity index (χ0v) is 9.49. The summed E-state index contributed by atoms with van der Waals surface area (Å²) < 4.78 is 0. The lowest BCUT2D eigenvalue weighted by Gasteiger charge is -2.20. The summed E-state index contributed by atoms with van der Waals surface area (Å²) in [6.07, 6.45) is 0.566. The van der Waals surface area contributed by atoms with Crippen LogP contribution in [0.25, 0.3) is 0 Å². The Morgan fingerprint density at radius 1 is 1.33 bits per heavy atom. The van der Waals surface area contributed by atoms with Gasteiger partial charge in [-0.3, -0.25) is 4.79 Å². The van der Waals surface area contributed by atoms with E-state index < -0.39 is 12.0 Å². The van der Waals surface area contributed by atoms with Crippen LogP contribution in [-0.2, 0) is 9.59 Å². The van der Waals surface area contributed by atoms with Gasteiger partial charge in [-0.2, -0.15) is 0 Å². The number of carbonyl (C=O) groups is 2. The van der Waals surface area contributed by atoms with E-state index in [1.165, 1.54) is 0 Å². The molecule has 0 saturated carbocycles. The second-order valence-corrected chi connectivity index (χ2v) is 4.05. The van der Waals surface area contributed by atoms with Gasteiger partial charge in [-0.05, 0) is 18.9 Å². The fourth-order valence-corrected chi connectivity index (χ4v) is 1.19. The van der Waals surface area contributed by atoms with E-state index in [-0.39, 0.29) is 17.7 Å². The molecule has 5 heteroatoms. The number of nitrogens with two attached hydrogens (primary N) is 1. The predicted octanol–water partition coefficient (Wildman–Crippen LogP) is 0.197. The maximum atomic E-state index is 11.5. The number of hydrogen-bond donors (Lipinski definition) is 3. The van der Waals surface area contributed by atoms with Gasteiger partial charge < -0.3 is 16.2 Å². The molecule has 1 unspecified atom stereocenters. The van der Waals surface area contributed by atoms with Crippen molar-refractivity contribution >= 4 is 11.9 Å². The SMILES string of the molecule is CC(CCN)C(=O)N[C@@H](C(=O)O)C(C)C. The summed E-state index contributed by atoms with van der Waals surface area (Å²) in [6, 6.07) is -0.822. The van der Waals surface area contributed by atoms with Crippen LogP contribution in [0.1, 0.15) is 27.2 Å². The monoisotopic (exact) mass is 216 g/mol. The van der Waals surface area contributed by atoms with Crippen LogP contribution in [0.15, 0.2) is 0 Å². The Labute approximate surface area is 90.0 Å². The lowest BCUT2D eigenvalue weighted by Crippen LogP contribution is -2.46. The highest BCUT2D eigenvalue weighted by Crippen LogP contribution is 2.05. The summed E-state index contributed by atoms with van der Waals surface area (Å²) in [5.41, 5.74) is 5.32. The van der Waals surface area contributed by atoms with Crippen LogP contribution in [0.3, 0.4) is 0 Å². The van der Waals surface area contributed by atoms with E-state index in [2.05, 4.69) is 5.32 Å². The molecule has 2 atom stereocenters. The Bertz CT molecular complexity index is 229. The molecule has 88 valence electrons. The molecule has 0 aromatic heterocycles. The summed E-state index contributed by atoms with van der Waals surface area (Å²) in [7, 11) is 0. The van der Waals surface area contributed by atoms with Crippen molar-refractivity contribution in [1.82, 2.24) is 5.32 Å². The minimum absolute atomic E-state index is 0.128. The lowest BCUT2D eigenvalue weighted by atomic mass is 10.0. The van der Waals surface area contributed by atoms with Crippen molar-refractivity contribution in [2.24, 2.45) is 17.6 Å². The molecule has 0 aromatic carbocycles. The van der Waals surface area contributed by atoms with Crippen molar-refractivity contribution < 1.29 is 14.7 Å². The number of amides is 1. The highest BCUT2D eigenvalue weighted by atomic mass is 16.4. The third-order valence-corrected chi connectivity index (χ3v) is 2.28. The van der Waals surface area contributed by atoms with Crippen LogP contribution in [-0.4, -0.2) is 29.6 Å². The number of nitrogens with one attached hydrogen (secondary N) is 1. The van der Waals surface area contributed by atoms with Gasteiger partial charge >= 0.3 is 5.97 Å². The first-order valence-corrected chi connectivity index (χ1v) is 5.13. The zero-order chi connectivity index (χ0) is 12.0. The van der Waals surface area contributed by atoms with E-state index in [4.69, 9.17) is 10.8 Å². The second-order valence-electron chi connectivity index (χ2n) is 4.05. The van der Waals surface area contributed by atoms with Crippen LogP contribution in [0, 0.1) is 11.8 Å². The van der Waals surface area contributed by atoms with Gasteiger partial charge in [-0.15, -0.1) is 0 Å². The third-order valence-electron chi connectivity index (χ3n) is 2.28. The van der Waals surface area contributed by atoms with E-state index in [1.54, 1.807) is 20.8 Å². The fraction of sp³-hybridized carbons (Fsp3) is 0.800. The largest absolute Gasteiger partial charge is 0.480 e. The lowest BCUT2D eigenvalue weighted by molar-refractivity contribution is -0.143. The summed E-state index contributed by atoms with van der Waals surface area (Å²) >= 11 is 0. The van der Waals surface area contributed by atoms with E-state index in [0.717, 1.165) is 0 Å². The Balaban J connectivity index is 4.29. The molecule has 0 aliphatic rings. The molecule has 0 saturated heterocycles. The van der Waals surface area contributed by atoms with Gasteiger partial charge in [0.2, 0.25) is 5.91 Å². The van der Waals surface area contributed by atoms with Gasteiger partial charge in [0.25, 0.3) is 0 Å². The van der Waals surface area contributed by atoms with Gasteiger partial charge in [0.05, 0.1) is 0 Å². The molecule has 0 heterocycles. The number of aliphatic carboxylic acids is 1. The number of rotatable bonds is 6. The Hall–Kier alpha value is -1.10. The third kappa shape index (κ3) is 4.78. The second kappa shape index (κ2) is 6.40. The molecule has 0 aliphatic heterocycles. The Morgan fingerprint density at radius 3 is 2.20 bits per heavy atom. The average Bonchev–Trinajstić information content (AvgIpc) is 2.12. The highest BCUT2D eigenvalue weighted by molar-refractivity contribution is 5.84. The average molecular weight is 216 g/mol. The van der Waals surface area contributed by atoms with Crippen molar-refractivity contribution in [2.75, 3.05) is 6.54 Å². The van der Waals surface area contributed by atoms with Crippen LogP contribution < -0.4 is 11.1 Å². The van der Waals surface area contributed by atoms with Crippen molar-refractivity contribution in [1.29, 1.82) is 0 Å². The van der Waals surface area contributed by atoms with Gasteiger partial charge in [-0.1, -0.05) is 20.8 Å². The van der Waals surface area contributed by atoms with E-state index >= 15 is 0 Å². The molecule has 0 aromatic rings. The first kappa shape index (κ1) is 13.9. The van der Waals surface area contributed by atoms with E-state index in [0.29, 0.717) is 13.0 Å².